The van der Waals surface area contributed by atoms with Crippen molar-refractivity contribution in [1.82, 2.24) is 4.72 Å². The predicted molar refractivity (Wildman–Crippen MR) is 119 cm³/mol. The molecule has 0 spiro atoms. The van der Waals surface area contributed by atoms with Crippen LogP contribution < -0.4 is 4.72 Å². The molecule has 0 bridgehead atoms. The van der Waals surface area contributed by atoms with E-state index in [0.29, 0.717) is 0 Å². The third-order valence-corrected chi connectivity index (χ3v) is 9.79. The summed E-state index contributed by atoms with van der Waals surface area (Å²) in [7, 11) is -14.1. The Hall–Kier alpha value is -2.42. The molecule has 1 aliphatic rings. The standard InChI is InChI=1S/C20H21F3N2O6S3/c1-14-3-9-18(10-4-14)32(26,25-33(27,28)19-11-5-15(2)6-12-19)24-16-7-8-17(13-16)31-34(29,30)20(21,22)23/h3-6,9-13,16H,7-8H2,1-2H3,(H,24,25,26)/t16-,32?/m1/s1. The van der Waals surface area contributed by atoms with E-state index >= 15 is 0 Å². The molecule has 1 N–H and O–H groups in total. The van der Waals surface area contributed by atoms with Crippen LogP contribution in [0.1, 0.15) is 24.0 Å². The van der Waals surface area contributed by atoms with Crippen LogP contribution in [0.4, 0.5) is 13.2 Å². The molecule has 0 saturated heterocycles. The highest BCUT2D eigenvalue weighted by molar-refractivity contribution is 8.02. The van der Waals surface area contributed by atoms with Gasteiger partial charge in [-0.25, -0.2) is 8.93 Å². The quantitative estimate of drug-likeness (QED) is 0.421. The van der Waals surface area contributed by atoms with Crippen molar-refractivity contribution in [2.24, 2.45) is 3.77 Å². The lowest BCUT2D eigenvalue weighted by molar-refractivity contribution is -0.0522. The normalized spacial score (nSPS) is 18.7. The second-order valence-electron chi connectivity index (χ2n) is 7.58. The molecule has 34 heavy (non-hydrogen) atoms. The Kier molecular flexibility index (Phi) is 7.18. The summed E-state index contributed by atoms with van der Waals surface area (Å²) in [5.41, 5.74) is -4.00. The fraction of sp³-hybridized carbons (Fsp3) is 0.300. The van der Waals surface area contributed by atoms with E-state index in [9.17, 15) is 34.2 Å². The average Bonchev–Trinajstić information content (AvgIpc) is 3.13. The number of rotatable bonds is 7. The number of nitrogens with one attached hydrogen (secondary N) is 1. The first-order valence-electron chi connectivity index (χ1n) is 9.77. The van der Waals surface area contributed by atoms with Gasteiger partial charge < -0.3 is 4.18 Å². The molecule has 1 unspecified atom stereocenters. The number of hydrogen-bond donors (Lipinski definition) is 1. The van der Waals surface area contributed by atoms with Gasteiger partial charge in [-0.3, -0.25) is 0 Å². The van der Waals surface area contributed by atoms with Gasteiger partial charge >= 0.3 is 15.6 Å². The highest BCUT2D eigenvalue weighted by atomic mass is 32.3. The van der Waals surface area contributed by atoms with Crippen molar-refractivity contribution >= 4 is 30.1 Å². The van der Waals surface area contributed by atoms with Gasteiger partial charge in [0, 0.05) is 12.5 Å². The maximum Gasteiger partial charge on any atom is 0.534 e. The Labute approximate surface area is 196 Å². The van der Waals surface area contributed by atoms with E-state index in [-0.39, 0.29) is 22.6 Å². The van der Waals surface area contributed by atoms with E-state index < -0.39 is 47.4 Å². The van der Waals surface area contributed by atoms with Crippen LogP contribution in [0.5, 0.6) is 0 Å². The lowest BCUT2D eigenvalue weighted by Crippen LogP contribution is -2.32. The molecule has 2 atom stereocenters. The number of allylic oxidation sites excluding steroid dienone is 1. The number of nitrogens with zero attached hydrogens (tertiary/aromatic N) is 1. The monoisotopic (exact) mass is 538 g/mol. The van der Waals surface area contributed by atoms with Crippen LogP contribution in [0.3, 0.4) is 0 Å². The SMILES string of the molecule is Cc1ccc(S(=O)(=O)N=S(=O)(N[C@H]2C=C(OS(=O)(=O)C(F)(F)F)CC2)c2ccc(C)cc2)cc1. The molecule has 1 aliphatic carbocycles. The van der Waals surface area contributed by atoms with E-state index in [0.717, 1.165) is 17.2 Å². The molecule has 0 fully saturated rings. The minimum Gasteiger partial charge on any atom is -0.381 e. The smallest absolute Gasteiger partial charge is 0.381 e. The van der Waals surface area contributed by atoms with Crippen LogP contribution in [-0.2, 0) is 34.2 Å². The first-order valence-corrected chi connectivity index (χ1v) is 14.1. The zero-order chi connectivity index (χ0) is 25.4. The molecule has 0 saturated carbocycles. The molecule has 0 aromatic heterocycles. The van der Waals surface area contributed by atoms with E-state index in [4.69, 9.17) is 0 Å². The number of alkyl halides is 3. The lowest BCUT2D eigenvalue weighted by atomic mass is 10.2. The summed E-state index contributed by atoms with van der Waals surface area (Å²) in [5, 5.41) is 0. The fourth-order valence-corrected chi connectivity index (χ4v) is 7.19. The van der Waals surface area contributed by atoms with Crippen molar-refractivity contribution in [3.05, 3.63) is 71.5 Å². The van der Waals surface area contributed by atoms with Crippen molar-refractivity contribution < 1.29 is 38.4 Å². The van der Waals surface area contributed by atoms with E-state index in [1.54, 1.807) is 38.1 Å². The van der Waals surface area contributed by atoms with Gasteiger partial charge in [0.2, 0.25) is 0 Å². The van der Waals surface area contributed by atoms with Gasteiger partial charge in [-0.1, -0.05) is 39.2 Å². The van der Waals surface area contributed by atoms with Crippen LogP contribution >= 0.6 is 0 Å². The van der Waals surface area contributed by atoms with Crippen LogP contribution in [0, 0.1) is 13.8 Å². The molecule has 0 aliphatic heterocycles. The van der Waals surface area contributed by atoms with E-state index in [1.807, 2.05) is 0 Å². The highest BCUT2D eigenvalue weighted by Gasteiger charge is 2.49. The van der Waals surface area contributed by atoms with Crippen LogP contribution in [0.2, 0.25) is 0 Å². The fourth-order valence-electron chi connectivity index (χ4n) is 2.99. The summed E-state index contributed by atoms with van der Waals surface area (Å²) < 4.78 is 110. The molecule has 8 nitrogen and oxygen atoms in total. The third-order valence-electron chi connectivity index (χ3n) is 4.76. The summed E-state index contributed by atoms with van der Waals surface area (Å²) >= 11 is 0. The molecule has 2 aromatic carbocycles. The molecule has 0 radical (unpaired) electrons. The number of sulfonamides is 1. The third kappa shape index (κ3) is 5.98. The second kappa shape index (κ2) is 9.32. The maximum atomic E-state index is 13.8. The van der Waals surface area contributed by atoms with Gasteiger partial charge in [-0.05, 0) is 50.6 Å². The molecular formula is C20H21F3N2O6S3. The maximum absolute atomic E-state index is 13.8. The summed E-state index contributed by atoms with van der Waals surface area (Å²) in [6, 6.07) is 10.8. The zero-order valence-corrected chi connectivity index (χ0v) is 20.4. The minimum absolute atomic E-state index is 0.00562. The Morgan fingerprint density at radius 3 is 1.88 bits per heavy atom. The van der Waals surface area contributed by atoms with Crippen LogP contribution in [0.25, 0.3) is 0 Å². The van der Waals surface area contributed by atoms with Crippen LogP contribution in [-0.4, -0.2) is 32.6 Å². The second-order valence-corrected chi connectivity index (χ2v) is 12.9. The van der Waals surface area contributed by atoms with Gasteiger partial charge in [-0.15, -0.1) is 0 Å². The highest BCUT2D eigenvalue weighted by Crippen LogP contribution is 2.31. The van der Waals surface area contributed by atoms with Crippen molar-refractivity contribution in [1.29, 1.82) is 0 Å². The Balaban J connectivity index is 2.00. The number of benzene rings is 2. The van der Waals surface area contributed by atoms with Crippen molar-refractivity contribution in [2.75, 3.05) is 0 Å². The molecule has 0 amide bonds. The van der Waals surface area contributed by atoms with Crippen molar-refractivity contribution in [2.45, 2.75) is 48.0 Å². The predicted octanol–water partition coefficient (Wildman–Crippen LogP) is 3.94. The van der Waals surface area contributed by atoms with Crippen molar-refractivity contribution in [3.63, 3.8) is 0 Å². The van der Waals surface area contributed by atoms with Gasteiger partial charge in [0.05, 0.1) is 9.79 Å². The molecule has 14 heteroatoms. The Morgan fingerprint density at radius 1 is 0.882 bits per heavy atom. The number of hydrogen-bond acceptors (Lipinski definition) is 6. The summed E-state index contributed by atoms with van der Waals surface area (Å²) in [6.07, 6.45) is 0.817. The number of aryl methyl sites for hydroxylation is 2. The molecule has 0 heterocycles. The average molecular weight is 539 g/mol. The molecule has 186 valence electrons. The first-order chi connectivity index (χ1) is 15.6. The van der Waals surface area contributed by atoms with Gasteiger partial charge in [0.1, 0.15) is 5.76 Å². The summed E-state index contributed by atoms with van der Waals surface area (Å²) in [6.45, 7) is 3.53. The zero-order valence-electron chi connectivity index (χ0n) is 17.9. The lowest BCUT2D eigenvalue weighted by Gasteiger charge is -2.16. The number of halogens is 3. The van der Waals surface area contributed by atoms with E-state index in [1.165, 1.54) is 24.3 Å². The summed E-state index contributed by atoms with van der Waals surface area (Å²) in [5.74, 6) is -0.498. The first kappa shape index (κ1) is 26.2. The Bertz CT molecular complexity index is 1420. The Morgan fingerprint density at radius 2 is 1.38 bits per heavy atom. The van der Waals surface area contributed by atoms with Gasteiger partial charge in [0.15, 0.2) is 9.92 Å². The molecule has 2 aromatic rings. The van der Waals surface area contributed by atoms with Gasteiger partial charge in [-0.2, -0.15) is 30.0 Å². The molecular weight excluding hydrogens is 517 g/mol. The van der Waals surface area contributed by atoms with Crippen LogP contribution in [0.15, 0.2) is 73.9 Å². The topological polar surface area (TPSA) is 119 Å². The van der Waals surface area contributed by atoms with Gasteiger partial charge in [0.25, 0.3) is 10.0 Å². The largest absolute Gasteiger partial charge is 0.534 e. The van der Waals surface area contributed by atoms with Crippen molar-refractivity contribution in [3.8, 4) is 0 Å². The molecule has 3 rings (SSSR count). The minimum atomic E-state index is -5.86. The van der Waals surface area contributed by atoms with E-state index in [2.05, 4.69) is 12.7 Å². The summed E-state index contributed by atoms with van der Waals surface area (Å²) in [4.78, 5) is -0.165.